The first kappa shape index (κ1) is 9.34. The maximum atomic E-state index is 11.2. The van der Waals surface area contributed by atoms with Crippen molar-refractivity contribution >= 4 is 17.3 Å². The van der Waals surface area contributed by atoms with Crippen molar-refractivity contribution in [2.24, 2.45) is 5.84 Å². The molecule has 6 N–H and O–H groups in total. The molecule has 13 heavy (non-hydrogen) atoms. The van der Waals surface area contributed by atoms with Gasteiger partial charge in [-0.3, -0.25) is 10.2 Å². The van der Waals surface area contributed by atoms with Gasteiger partial charge in [0.15, 0.2) is 0 Å². The van der Waals surface area contributed by atoms with E-state index in [0.29, 0.717) is 16.9 Å². The highest BCUT2D eigenvalue weighted by Crippen LogP contribution is 2.17. The number of carbonyl (C=O) groups is 1. The number of hydrogen-bond donors (Lipinski definition) is 4. The van der Waals surface area contributed by atoms with Gasteiger partial charge in [0.05, 0.1) is 5.56 Å². The number of hydrazine groups is 1. The van der Waals surface area contributed by atoms with Crippen molar-refractivity contribution in [3.05, 3.63) is 23.8 Å². The van der Waals surface area contributed by atoms with Crippen LogP contribution in [0.3, 0.4) is 0 Å². The van der Waals surface area contributed by atoms with Gasteiger partial charge in [0.25, 0.3) is 5.91 Å². The Hall–Kier alpha value is -1.75. The summed E-state index contributed by atoms with van der Waals surface area (Å²) in [6, 6.07) is 4.99. The summed E-state index contributed by atoms with van der Waals surface area (Å²) >= 11 is 0. The normalized spacial score (nSPS) is 9.38. The van der Waals surface area contributed by atoms with Crippen LogP contribution in [0.25, 0.3) is 0 Å². The predicted molar refractivity (Wildman–Crippen MR) is 52.1 cm³/mol. The zero-order valence-corrected chi connectivity index (χ0v) is 7.29. The lowest BCUT2D eigenvalue weighted by Crippen LogP contribution is -2.30. The summed E-state index contributed by atoms with van der Waals surface area (Å²) in [5.74, 6) is 4.65. The second-order valence-electron chi connectivity index (χ2n) is 2.53. The fourth-order valence-corrected chi connectivity index (χ4v) is 1.05. The Morgan fingerprint density at radius 1 is 1.46 bits per heavy atom. The van der Waals surface area contributed by atoms with Gasteiger partial charge in [0.1, 0.15) is 0 Å². The van der Waals surface area contributed by atoms with Crippen molar-refractivity contribution in [1.29, 1.82) is 0 Å². The minimum Gasteiger partial charge on any atom is -0.399 e. The molecule has 1 aromatic rings. The lowest BCUT2D eigenvalue weighted by molar-refractivity contribution is 0.0954. The third-order valence-corrected chi connectivity index (χ3v) is 1.69. The van der Waals surface area contributed by atoms with Gasteiger partial charge in [0, 0.05) is 18.4 Å². The maximum absolute atomic E-state index is 11.2. The number of nitrogens with two attached hydrogens (primary N) is 2. The van der Waals surface area contributed by atoms with Crippen LogP contribution in [0.4, 0.5) is 11.4 Å². The minimum atomic E-state index is -0.364. The molecule has 0 saturated carbocycles. The highest BCUT2D eigenvalue weighted by molar-refractivity contribution is 6.00. The number of nitrogens with one attached hydrogen (secondary N) is 2. The van der Waals surface area contributed by atoms with Crippen LogP contribution in [-0.2, 0) is 0 Å². The average molecular weight is 180 g/mol. The summed E-state index contributed by atoms with van der Waals surface area (Å²) in [5.41, 5.74) is 9.23. The second kappa shape index (κ2) is 3.77. The Morgan fingerprint density at radius 3 is 2.69 bits per heavy atom. The number of rotatable bonds is 2. The van der Waals surface area contributed by atoms with Crippen LogP contribution in [0.15, 0.2) is 18.2 Å². The molecular formula is C8H12N4O. The van der Waals surface area contributed by atoms with Crippen LogP contribution < -0.4 is 22.3 Å². The molecule has 0 aliphatic heterocycles. The molecule has 0 spiro atoms. The molecule has 5 nitrogen and oxygen atoms in total. The van der Waals surface area contributed by atoms with E-state index < -0.39 is 0 Å². The van der Waals surface area contributed by atoms with Gasteiger partial charge in [0.2, 0.25) is 0 Å². The molecule has 0 atom stereocenters. The van der Waals surface area contributed by atoms with Gasteiger partial charge in [-0.25, -0.2) is 5.84 Å². The van der Waals surface area contributed by atoms with E-state index in [4.69, 9.17) is 11.6 Å². The minimum absolute atomic E-state index is 0.364. The molecule has 1 aromatic carbocycles. The molecule has 0 aliphatic rings. The molecule has 1 rings (SSSR count). The molecule has 0 saturated heterocycles. The molecule has 0 bridgehead atoms. The topological polar surface area (TPSA) is 93.2 Å². The number of benzene rings is 1. The van der Waals surface area contributed by atoms with E-state index >= 15 is 0 Å². The SMILES string of the molecule is CNc1ccc(N)cc1C(=O)NN. The zero-order valence-electron chi connectivity index (χ0n) is 7.29. The highest BCUT2D eigenvalue weighted by atomic mass is 16.2. The van der Waals surface area contributed by atoms with Crippen LogP contribution in [0.5, 0.6) is 0 Å². The van der Waals surface area contributed by atoms with Crippen LogP contribution >= 0.6 is 0 Å². The van der Waals surface area contributed by atoms with Gasteiger partial charge in [-0.2, -0.15) is 0 Å². The second-order valence-corrected chi connectivity index (χ2v) is 2.53. The third-order valence-electron chi connectivity index (χ3n) is 1.69. The largest absolute Gasteiger partial charge is 0.399 e. The van der Waals surface area contributed by atoms with Gasteiger partial charge in [-0.1, -0.05) is 0 Å². The smallest absolute Gasteiger partial charge is 0.267 e. The first-order valence-electron chi connectivity index (χ1n) is 3.77. The Morgan fingerprint density at radius 2 is 2.15 bits per heavy atom. The fourth-order valence-electron chi connectivity index (χ4n) is 1.05. The van der Waals surface area contributed by atoms with E-state index in [9.17, 15) is 4.79 Å². The van der Waals surface area contributed by atoms with Crippen molar-refractivity contribution in [2.75, 3.05) is 18.1 Å². The molecule has 0 heterocycles. The van der Waals surface area contributed by atoms with Gasteiger partial charge < -0.3 is 11.1 Å². The van der Waals surface area contributed by atoms with Gasteiger partial charge in [-0.15, -0.1) is 0 Å². The van der Waals surface area contributed by atoms with Crippen molar-refractivity contribution < 1.29 is 4.79 Å². The summed E-state index contributed by atoms with van der Waals surface area (Å²) in [7, 11) is 1.72. The monoisotopic (exact) mass is 180 g/mol. The quantitative estimate of drug-likeness (QED) is 0.221. The number of nitrogen functional groups attached to an aromatic ring is 2. The van der Waals surface area contributed by atoms with Crippen LogP contribution in [0.2, 0.25) is 0 Å². The zero-order chi connectivity index (χ0) is 9.84. The van der Waals surface area contributed by atoms with Crippen molar-refractivity contribution in [2.45, 2.75) is 0 Å². The van der Waals surface area contributed by atoms with E-state index in [1.165, 1.54) is 0 Å². The number of amides is 1. The first-order valence-corrected chi connectivity index (χ1v) is 3.77. The third kappa shape index (κ3) is 1.88. The average Bonchev–Trinajstić information content (AvgIpc) is 2.16. The van der Waals surface area contributed by atoms with E-state index in [-0.39, 0.29) is 5.91 Å². The van der Waals surface area contributed by atoms with Crippen LogP contribution in [0, 0.1) is 0 Å². The summed E-state index contributed by atoms with van der Waals surface area (Å²) in [4.78, 5) is 11.2. The molecule has 0 radical (unpaired) electrons. The lowest BCUT2D eigenvalue weighted by atomic mass is 10.1. The van der Waals surface area contributed by atoms with Gasteiger partial charge >= 0.3 is 0 Å². The molecule has 0 aliphatic carbocycles. The Balaban J connectivity index is 3.15. The summed E-state index contributed by atoms with van der Waals surface area (Å²) in [6.45, 7) is 0. The van der Waals surface area contributed by atoms with Crippen molar-refractivity contribution in [3.8, 4) is 0 Å². The Bertz CT molecular complexity index is 324. The van der Waals surface area contributed by atoms with Gasteiger partial charge in [-0.05, 0) is 18.2 Å². The number of anilines is 2. The summed E-state index contributed by atoms with van der Waals surface area (Å²) in [5, 5.41) is 2.87. The summed E-state index contributed by atoms with van der Waals surface area (Å²) in [6.07, 6.45) is 0. The lowest BCUT2D eigenvalue weighted by Gasteiger charge is -2.07. The number of carbonyl (C=O) groups excluding carboxylic acids is 1. The Labute approximate surface area is 76.1 Å². The maximum Gasteiger partial charge on any atom is 0.267 e. The van der Waals surface area contributed by atoms with Crippen molar-refractivity contribution in [1.82, 2.24) is 5.43 Å². The molecular weight excluding hydrogens is 168 g/mol. The van der Waals surface area contributed by atoms with Crippen molar-refractivity contribution in [3.63, 3.8) is 0 Å². The van der Waals surface area contributed by atoms with Crippen LogP contribution in [-0.4, -0.2) is 13.0 Å². The Kier molecular flexibility index (Phi) is 2.71. The number of hydrogen-bond acceptors (Lipinski definition) is 4. The first-order chi connectivity index (χ1) is 6.19. The van der Waals surface area contributed by atoms with E-state index in [1.54, 1.807) is 25.2 Å². The standard InChI is InChI=1S/C8H12N4O/c1-11-7-3-2-5(9)4-6(7)8(13)12-10/h2-4,11H,9-10H2,1H3,(H,12,13). The van der Waals surface area contributed by atoms with E-state index in [2.05, 4.69) is 5.32 Å². The summed E-state index contributed by atoms with van der Waals surface area (Å²) < 4.78 is 0. The fraction of sp³-hybridized carbons (Fsp3) is 0.125. The molecule has 5 heteroatoms. The van der Waals surface area contributed by atoms with E-state index in [1.807, 2.05) is 5.43 Å². The molecule has 0 aromatic heterocycles. The predicted octanol–water partition coefficient (Wildman–Crippen LogP) is -0.0860. The molecule has 0 fully saturated rings. The van der Waals surface area contributed by atoms with Crippen LogP contribution in [0.1, 0.15) is 10.4 Å². The molecule has 1 amide bonds. The molecule has 70 valence electrons. The molecule has 0 unspecified atom stereocenters. The highest BCUT2D eigenvalue weighted by Gasteiger charge is 2.08. The van der Waals surface area contributed by atoms with E-state index in [0.717, 1.165) is 0 Å².